The molecule has 2 aromatic carbocycles. The lowest BCUT2D eigenvalue weighted by atomic mass is 9.86. The van der Waals surface area contributed by atoms with E-state index in [0.717, 1.165) is 6.42 Å². The van der Waals surface area contributed by atoms with E-state index in [1.165, 1.54) is 29.5 Å². The van der Waals surface area contributed by atoms with Crippen LogP contribution in [0.5, 0.6) is 0 Å². The molecule has 0 aliphatic heterocycles. The SMILES string of the molecule is CC(C)(C)c1ccc([C@H]2C[C@H]2C(=O)N/N=C\c2ccc(C(=O)[O-])cc2)cc1. The topological polar surface area (TPSA) is 81.6 Å². The minimum atomic E-state index is -1.22. The van der Waals surface area contributed by atoms with Crippen LogP contribution in [0, 0.1) is 5.92 Å². The number of amides is 1. The molecule has 0 aromatic heterocycles. The molecule has 1 fully saturated rings. The van der Waals surface area contributed by atoms with Gasteiger partial charge in [0.15, 0.2) is 0 Å². The van der Waals surface area contributed by atoms with Crippen LogP contribution in [0.4, 0.5) is 0 Å². The first kappa shape index (κ1) is 18.8. The molecule has 27 heavy (non-hydrogen) atoms. The Morgan fingerprint density at radius 3 is 2.26 bits per heavy atom. The van der Waals surface area contributed by atoms with Crippen LogP contribution in [0.15, 0.2) is 53.6 Å². The fraction of sp³-hybridized carbons (Fsp3) is 0.318. The number of carboxylic acid groups (broad SMARTS) is 1. The number of benzene rings is 2. The molecule has 0 radical (unpaired) electrons. The first-order valence-corrected chi connectivity index (χ1v) is 9.00. The fourth-order valence-electron chi connectivity index (χ4n) is 3.04. The molecule has 3 rings (SSSR count). The van der Waals surface area contributed by atoms with Crippen molar-refractivity contribution in [1.82, 2.24) is 5.43 Å². The second kappa shape index (κ2) is 7.35. The van der Waals surface area contributed by atoms with Crippen molar-refractivity contribution in [3.05, 3.63) is 70.8 Å². The molecule has 0 unspecified atom stereocenters. The van der Waals surface area contributed by atoms with E-state index in [9.17, 15) is 14.7 Å². The number of carbonyl (C=O) groups excluding carboxylic acids is 2. The predicted molar refractivity (Wildman–Crippen MR) is 102 cm³/mol. The number of hydrogen-bond donors (Lipinski definition) is 1. The number of nitrogens with zero attached hydrogens (tertiary/aromatic N) is 1. The van der Waals surface area contributed by atoms with E-state index < -0.39 is 5.97 Å². The highest BCUT2D eigenvalue weighted by molar-refractivity contribution is 5.88. The van der Waals surface area contributed by atoms with Gasteiger partial charge in [-0.1, -0.05) is 69.3 Å². The Balaban J connectivity index is 1.53. The van der Waals surface area contributed by atoms with Gasteiger partial charge >= 0.3 is 0 Å². The van der Waals surface area contributed by atoms with E-state index in [2.05, 4.69) is 55.6 Å². The molecule has 0 bridgehead atoms. The van der Waals surface area contributed by atoms with Gasteiger partial charge in [0, 0.05) is 5.92 Å². The number of carbonyl (C=O) groups is 2. The Labute approximate surface area is 159 Å². The van der Waals surface area contributed by atoms with Crippen LogP contribution in [0.1, 0.15) is 60.2 Å². The van der Waals surface area contributed by atoms with Crippen LogP contribution in [-0.2, 0) is 10.2 Å². The Morgan fingerprint density at radius 1 is 1.07 bits per heavy atom. The maximum Gasteiger partial charge on any atom is 0.243 e. The van der Waals surface area contributed by atoms with Crippen LogP contribution in [0.3, 0.4) is 0 Å². The molecular weight excluding hydrogens is 340 g/mol. The molecule has 5 heteroatoms. The molecule has 2 aromatic rings. The van der Waals surface area contributed by atoms with Crippen molar-refractivity contribution >= 4 is 18.1 Å². The largest absolute Gasteiger partial charge is 0.545 e. The summed E-state index contributed by atoms with van der Waals surface area (Å²) in [5.74, 6) is -1.12. The molecule has 1 amide bonds. The minimum absolute atomic E-state index is 0.0527. The summed E-state index contributed by atoms with van der Waals surface area (Å²) in [5.41, 5.74) is 5.96. The first-order valence-electron chi connectivity index (χ1n) is 9.00. The molecule has 1 aliphatic carbocycles. The molecule has 1 aliphatic rings. The zero-order chi connectivity index (χ0) is 19.6. The van der Waals surface area contributed by atoms with Crippen molar-refractivity contribution in [2.45, 2.75) is 38.5 Å². The second-order valence-electron chi connectivity index (χ2n) is 7.96. The average molecular weight is 363 g/mol. The maximum absolute atomic E-state index is 12.2. The molecule has 1 N–H and O–H groups in total. The van der Waals surface area contributed by atoms with Crippen molar-refractivity contribution < 1.29 is 14.7 Å². The summed E-state index contributed by atoms with van der Waals surface area (Å²) >= 11 is 0. The smallest absolute Gasteiger partial charge is 0.243 e. The van der Waals surface area contributed by atoms with Crippen molar-refractivity contribution in [2.24, 2.45) is 11.0 Å². The number of hydrazone groups is 1. The molecule has 1 saturated carbocycles. The second-order valence-corrected chi connectivity index (χ2v) is 7.96. The van der Waals surface area contributed by atoms with Gasteiger partial charge in [-0.05, 0) is 40.0 Å². The van der Waals surface area contributed by atoms with Crippen LogP contribution in [0.2, 0.25) is 0 Å². The van der Waals surface area contributed by atoms with Gasteiger partial charge < -0.3 is 9.90 Å². The third-order valence-electron chi connectivity index (χ3n) is 4.87. The number of rotatable bonds is 5. The quantitative estimate of drug-likeness (QED) is 0.655. The summed E-state index contributed by atoms with van der Waals surface area (Å²) in [7, 11) is 0. The molecule has 140 valence electrons. The third-order valence-corrected chi connectivity index (χ3v) is 4.87. The average Bonchev–Trinajstić information content (AvgIpc) is 3.42. The number of aromatic carboxylic acids is 1. The van der Waals surface area contributed by atoms with Crippen LogP contribution in [-0.4, -0.2) is 18.1 Å². The van der Waals surface area contributed by atoms with Gasteiger partial charge in [0.05, 0.1) is 12.2 Å². The highest BCUT2D eigenvalue weighted by atomic mass is 16.4. The highest BCUT2D eigenvalue weighted by Crippen LogP contribution is 2.47. The van der Waals surface area contributed by atoms with Crippen molar-refractivity contribution in [3.63, 3.8) is 0 Å². The number of nitrogens with one attached hydrogen (secondary N) is 1. The molecule has 0 spiro atoms. The van der Waals surface area contributed by atoms with Gasteiger partial charge in [-0.25, -0.2) is 5.43 Å². The monoisotopic (exact) mass is 363 g/mol. The van der Waals surface area contributed by atoms with Gasteiger partial charge in [-0.3, -0.25) is 4.79 Å². The zero-order valence-corrected chi connectivity index (χ0v) is 15.7. The Morgan fingerprint density at radius 2 is 1.70 bits per heavy atom. The Hall–Kier alpha value is -2.95. The van der Waals surface area contributed by atoms with Gasteiger partial charge in [-0.15, -0.1) is 0 Å². The lowest BCUT2D eigenvalue weighted by molar-refractivity contribution is -0.255. The van der Waals surface area contributed by atoms with E-state index in [-0.39, 0.29) is 28.7 Å². The lowest BCUT2D eigenvalue weighted by Gasteiger charge is -2.19. The van der Waals surface area contributed by atoms with E-state index >= 15 is 0 Å². The summed E-state index contributed by atoms with van der Waals surface area (Å²) in [5, 5.41) is 14.7. The van der Waals surface area contributed by atoms with E-state index in [1.807, 2.05) is 0 Å². The number of carboxylic acids is 1. The minimum Gasteiger partial charge on any atom is -0.545 e. The Bertz CT molecular complexity index is 862. The van der Waals surface area contributed by atoms with Gasteiger partial charge in [0.25, 0.3) is 0 Å². The molecular formula is C22H23N2O3-. The van der Waals surface area contributed by atoms with Gasteiger partial charge in [0.2, 0.25) is 5.91 Å². The summed E-state index contributed by atoms with van der Waals surface area (Å²) in [6.07, 6.45) is 2.32. The van der Waals surface area contributed by atoms with Crippen molar-refractivity contribution in [2.75, 3.05) is 0 Å². The van der Waals surface area contributed by atoms with Crippen LogP contribution in [0.25, 0.3) is 0 Å². The van der Waals surface area contributed by atoms with E-state index in [4.69, 9.17) is 0 Å². The zero-order valence-electron chi connectivity index (χ0n) is 15.7. The Kier molecular flexibility index (Phi) is 5.13. The van der Waals surface area contributed by atoms with Crippen molar-refractivity contribution in [3.8, 4) is 0 Å². The van der Waals surface area contributed by atoms with Crippen molar-refractivity contribution in [1.29, 1.82) is 0 Å². The predicted octanol–water partition coefficient (Wildman–Crippen LogP) is 2.60. The summed E-state index contributed by atoms with van der Waals surface area (Å²) < 4.78 is 0. The maximum atomic E-state index is 12.2. The highest BCUT2D eigenvalue weighted by Gasteiger charge is 2.43. The normalized spacial score (nSPS) is 19.1. The molecule has 0 saturated heterocycles. The lowest BCUT2D eigenvalue weighted by Crippen LogP contribution is -2.22. The molecule has 5 nitrogen and oxygen atoms in total. The molecule has 0 heterocycles. The van der Waals surface area contributed by atoms with E-state index in [0.29, 0.717) is 5.56 Å². The van der Waals surface area contributed by atoms with Crippen LogP contribution < -0.4 is 10.5 Å². The van der Waals surface area contributed by atoms with E-state index in [1.54, 1.807) is 12.1 Å². The third kappa shape index (κ3) is 4.61. The molecule has 2 atom stereocenters. The summed E-state index contributed by atoms with van der Waals surface area (Å²) in [6, 6.07) is 14.6. The van der Waals surface area contributed by atoms with Gasteiger partial charge in [0.1, 0.15) is 0 Å². The summed E-state index contributed by atoms with van der Waals surface area (Å²) in [6.45, 7) is 6.54. The van der Waals surface area contributed by atoms with Crippen LogP contribution >= 0.6 is 0 Å². The first-order chi connectivity index (χ1) is 12.8. The fourth-order valence-corrected chi connectivity index (χ4v) is 3.04. The number of hydrogen-bond acceptors (Lipinski definition) is 4. The van der Waals surface area contributed by atoms with Gasteiger partial charge in [-0.2, -0.15) is 5.10 Å². The summed E-state index contributed by atoms with van der Waals surface area (Å²) in [4.78, 5) is 22.9. The standard InChI is InChI=1S/C22H24N2O3/c1-22(2,3)17-10-8-15(9-11-17)18-12-19(18)20(25)24-23-13-14-4-6-16(7-5-14)21(26)27/h4-11,13,18-19H,12H2,1-3H3,(H,24,25)(H,26,27)/p-1/b23-13-/t18-,19-/m1/s1.